The molecule has 0 unspecified atom stereocenters. The van der Waals surface area contributed by atoms with Crippen LogP contribution in [0.1, 0.15) is 11.1 Å². The number of hydrazone groups is 1. The highest BCUT2D eigenvalue weighted by Gasteiger charge is 2.07. The Labute approximate surface area is 193 Å². The van der Waals surface area contributed by atoms with E-state index in [0.29, 0.717) is 42.7 Å². The van der Waals surface area contributed by atoms with Gasteiger partial charge < -0.3 is 15.2 Å². The molecule has 3 N–H and O–H groups in total. The van der Waals surface area contributed by atoms with E-state index in [1.165, 1.54) is 26.6 Å². The quantitative estimate of drug-likeness (QED) is 0.332. The Bertz CT molecular complexity index is 950. The van der Waals surface area contributed by atoms with E-state index in [9.17, 15) is 0 Å². The molecule has 2 rings (SSSR count). The number of rotatable bonds is 6. The van der Waals surface area contributed by atoms with Crippen molar-refractivity contribution in [3.63, 3.8) is 0 Å². The van der Waals surface area contributed by atoms with Crippen molar-refractivity contribution in [3.8, 4) is 11.5 Å². The number of ether oxygens (including phenoxy) is 2. The third kappa shape index (κ3) is 7.13. The van der Waals surface area contributed by atoms with E-state index in [0.717, 1.165) is 0 Å². The van der Waals surface area contributed by atoms with Gasteiger partial charge in [-0.15, -0.1) is 17.5 Å². The van der Waals surface area contributed by atoms with Gasteiger partial charge in [-0.25, -0.2) is 5.43 Å². The van der Waals surface area contributed by atoms with Crippen molar-refractivity contribution < 1.29 is 9.47 Å². The minimum atomic E-state index is -0.0504. The molecule has 0 radical (unpaired) electrons. The van der Waals surface area contributed by atoms with Crippen LogP contribution in [0.25, 0.3) is 0 Å². The topological polar surface area (TPSA) is 93.6 Å². The minimum absolute atomic E-state index is 0. The summed E-state index contributed by atoms with van der Waals surface area (Å²) in [6.45, 7) is 0. The summed E-state index contributed by atoms with van der Waals surface area (Å²) in [6.07, 6.45) is 2.87. The first kappa shape index (κ1) is 25.1. The van der Waals surface area contributed by atoms with Gasteiger partial charge in [0.2, 0.25) is 5.96 Å². The van der Waals surface area contributed by atoms with E-state index in [2.05, 4.69) is 20.7 Å². The van der Waals surface area contributed by atoms with Crippen LogP contribution < -0.4 is 20.6 Å². The van der Waals surface area contributed by atoms with Crippen LogP contribution in [-0.2, 0) is 0 Å². The Morgan fingerprint density at radius 1 is 0.862 bits per heavy atom. The van der Waals surface area contributed by atoms with Crippen molar-refractivity contribution >= 4 is 77.2 Å². The van der Waals surface area contributed by atoms with Crippen molar-refractivity contribution in [2.45, 2.75) is 0 Å². The maximum Gasteiger partial charge on any atom is 0.234 e. The van der Waals surface area contributed by atoms with Gasteiger partial charge in [0.15, 0.2) is 0 Å². The number of hydrogen-bond donors (Lipinski definition) is 2. The molecule has 0 aromatic heterocycles. The number of benzene rings is 2. The summed E-state index contributed by atoms with van der Waals surface area (Å²) in [5, 5.41) is 13.1. The van der Waals surface area contributed by atoms with Crippen LogP contribution in [0.15, 0.2) is 39.6 Å². The normalized spacial score (nSPS) is 11.6. The first-order chi connectivity index (χ1) is 13.3. The van der Waals surface area contributed by atoms with Crippen LogP contribution in [-0.4, -0.2) is 32.6 Å². The molecule has 7 nitrogen and oxygen atoms in total. The second kappa shape index (κ2) is 11.9. The lowest BCUT2D eigenvalue weighted by Crippen LogP contribution is -2.26. The largest absolute Gasteiger partial charge is 0.496 e. The molecule has 0 aliphatic rings. The fourth-order valence-electron chi connectivity index (χ4n) is 1.99. The van der Waals surface area contributed by atoms with Gasteiger partial charge in [-0.1, -0.05) is 46.4 Å². The van der Waals surface area contributed by atoms with Crippen molar-refractivity contribution in [2.75, 3.05) is 14.2 Å². The molecule has 2 aromatic carbocycles. The molecule has 12 heteroatoms. The second-order valence-corrected chi connectivity index (χ2v) is 6.75. The van der Waals surface area contributed by atoms with E-state index in [4.69, 9.17) is 61.6 Å². The van der Waals surface area contributed by atoms with Crippen LogP contribution in [0, 0.1) is 0 Å². The molecule has 156 valence electrons. The Hall–Kier alpha value is -1.90. The summed E-state index contributed by atoms with van der Waals surface area (Å²) in [7, 11) is 3.01. The van der Waals surface area contributed by atoms with E-state index in [-0.39, 0.29) is 18.4 Å². The fourth-order valence-corrected chi connectivity index (χ4v) is 2.64. The van der Waals surface area contributed by atoms with Gasteiger partial charge >= 0.3 is 0 Å². The molecule has 0 amide bonds. The summed E-state index contributed by atoms with van der Waals surface area (Å²) in [5.74, 6) is 0.940. The third-order valence-electron chi connectivity index (χ3n) is 3.29. The molecule has 0 fully saturated rings. The SMILES string of the molecule is COc1cc(Cl)c(Cl)cc1/C=N/N=C(N)N/N=C/c1cc(Cl)c(Cl)cc1OC.Cl. The number of nitrogens with two attached hydrogens (primary N) is 1. The number of nitrogens with one attached hydrogen (secondary N) is 1. The van der Waals surface area contributed by atoms with Crippen LogP contribution >= 0.6 is 58.8 Å². The standard InChI is InChI=1S/C17H15Cl4N5O2.ClH/c1-27-15-5-13(20)11(18)3-9(15)7-23-25-17(22)26-24-8-10-4-12(19)14(21)6-16(10)28-2;/h3-8H,1-2H3,(H3,22,25,26);1H/b23-7+,24-8+;. The molecule has 0 heterocycles. The van der Waals surface area contributed by atoms with Gasteiger partial charge in [0.25, 0.3) is 0 Å². The van der Waals surface area contributed by atoms with Gasteiger partial charge in [-0.3, -0.25) is 0 Å². The summed E-state index contributed by atoms with van der Waals surface area (Å²) in [5.41, 5.74) is 9.41. The van der Waals surface area contributed by atoms with E-state index < -0.39 is 0 Å². The lowest BCUT2D eigenvalue weighted by molar-refractivity contribution is 0.414. The van der Waals surface area contributed by atoms with Crippen LogP contribution in [0.5, 0.6) is 11.5 Å². The smallest absolute Gasteiger partial charge is 0.234 e. The Kier molecular flexibility index (Phi) is 10.4. The predicted octanol–water partition coefficient (Wildman–Crippen LogP) is 5.01. The highest BCUT2D eigenvalue weighted by Crippen LogP contribution is 2.30. The van der Waals surface area contributed by atoms with Crippen molar-refractivity contribution in [1.82, 2.24) is 5.43 Å². The van der Waals surface area contributed by atoms with Crippen LogP contribution in [0.4, 0.5) is 0 Å². The van der Waals surface area contributed by atoms with Crippen molar-refractivity contribution in [1.29, 1.82) is 0 Å². The summed E-state index contributed by atoms with van der Waals surface area (Å²) < 4.78 is 10.4. The molecule has 0 aliphatic carbocycles. The molecule has 0 saturated heterocycles. The Balaban J connectivity index is 0.00000420. The average molecular weight is 500 g/mol. The number of halogens is 5. The average Bonchev–Trinajstić information content (AvgIpc) is 2.66. The van der Waals surface area contributed by atoms with Gasteiger partial charge in [-0.2, -0.15) is 10.2 Å². The molecular weight excluding hydrogens is 483 g/mol. The maximum absolute atomic E-state index is 5.99. The van der Waals surface area contributed by atoms with Gasteiger partial charge in [-0.05, 0) is 12.1 Å². The second-order valence-electron chi connectivity index (χ2n) is 5.12. The molecule has 0 aliphatic heterocycles. The minimum Gasteiger partial charge on any atom is -0.496 e. The monoisotopic (exact) mass is 497 g/mol. The zero-order valence-electron chi connectivity index (χ0n) is 15.1. The zero-order chi connectivity index (χ0) is 20.7. The number of hydrogen-bond acceptors (Lipinski definition) is 5. The first-order valence-corrected chi connectivity index (χ1v) is 9.08. The van der Waals surface area contributed by atoms with E-state index >= 15 is 0 Å². The van der Waals surface area contributed by atoms with Crippen LogP contribution in [0.2, 0.25) is 20.1 Å². The Morgan fingerprint density at radius 3 is 1.79 bits per heavy atom. The van der Waals surface area contributed by atoms with Gasteiger partial charge in [0.05, 0.1) is 46.7 Å². The molecule has 0 spiro atoms. The van der Waals surface area contributed by atoms with E-state index in [1.807, 2.05) is 0 Å². The number of nitrogens with zero attached hydrogens (tertiary/aromatic N) is 3. The zero-order valence-corrected chi connectivity index (χ0v) is 19.0. The fraction of sp³-hybridized carbons (Fsp3) is 0.118. The van der Waals surface area contributed by atoms with Crippen molar-refractivity contribution in [2.24, 2.45) is 21.0 Å². The molecule has 0 atom stereocenters. The van der Waals surface area contributed by atoms with Crippen LogP contribution in [0.3, 0.4) is 0 Å². The molecule has 0 bridgehead atoms. The number of methoxy groups -OCH3 is 2. The molecule has 2 aromatic rings. The lowest BCUT2D eigenvalue weighted by atomic mass is 10.2. The van der Waals surface area contributed by atoms with Gasteiger partial charge in [0, 0.05) is 23.3 Å². The lowest BCUT2D eigenvalue weighted by Gasteiger charge is -2.06. The molecule has 0 saturated carbocycles. The highest BCUT2D eigenvalue weighted by atomic mass is 35.5. The van der Waals surface area contributed by atoms with Gasteiger partial charge in [0.1, 0.15) is 11.5 Å². The van der Waals surface area contributed by atoms with Crippen molar-refractivity contribution in [3.05, 3.63) is 55.5 Å². The summed E-state index contributed by atoms with van der Waals surface area (Å²) >= 11 is 23.9. The number of guanidine groups is 1. The summed E-state index contributed by atoms with van der Waals surface area (Å²) in [6, 6.07) is 6.36. The summed E-state index contributed by atoms with van der Waals surface area (Å²) in [4.78, 5) is 0. The third-order valence-corrected chi connectivity index (χ3v) is 4.73. The molecule has 29 heavy (non-hydrogen) atoms. The Morgan fingerprint density at radius 2 is 1.31 bits per heavy atom. The predicted molar refractivity (Wildman–Crippen MR) is 123 cm³/mol. The van der Waals surface area contributed by atoms with E-state index in [1.54, 1.807) is 24.3 Å². The maximum atomic E-state index is 5.99. The highest BCUT2D eigenvalue weighted by molar-refractivity contribution is 6.42. The first-order valence-electron chi connectivity index (χ1n) is 7.57. The molecular formula is C17H16Cl5N5O2.